The molecule has 0 aromatic carbocycles. The van der Waals surface area contributed by atoms with Gasteiger partial charge in [-0.25, -0.2) is 9.59 Å². The van der Waals surface area contributed by atoms with Crippen molar-refractivity contribution in [1.82, 2.24) is 16.0 Å². The Morgan fingerprint density at radius 1 is 0.976 bits per heavy atom. The van der Waals surface area contributed by atoms with Crippen LogP contribution in [0.3, 0.4) is 0 Å². The van der Waals surface area contributed by atoms with Gasteiger partial charge >= 0.3 is 17.9 Å². The van der Waals surface area contributed by atoms with Crippen molar-refractivity contribution >= 4 is 35.6 Å². The van der Waals surface area contributed by atoms with Crippen molar-refractivity contribution < 1.29 is 49.2 Å². The SMILES string of the molecule is C=C(C)C(C)C(NC(=O)C(C)(O)C(NC(=O)C/C=C/C(C)CCCCC)C(=O)O)C(=O)NC(C)(CC(=O)O)C(=O)O. The van der Waals surface area contributed by atoms with Crippen LogP contribution in [0, 0.1) is 11.8 Å². The van der Waals surface area contributed by atoms with Crippen LogP contribution < -0.4 is 16.0 Å². The van der Waals surface area contributed by atoms with Crippen molar-refractivity contribution in [3.05, 3.63) is 24.3 Å². The average Bonchev–Trinajstić information content (AvgIpc) is 2.84. The Hall–Kier alpha value is -3.74. The van der Waals surface area contributed by atoms with E-state index >= 15 is 0 Å². The largest absolute Gasteiger partial charge is 0.481 e. The van der Waals surface area contributed by atoms with Gasteiger partial charge in [0.05, 0.1) is 6.42 Å². The van der Waals surface area contributed by atoms with Crippen LogP contribution in [0.5, 0.6) is 0 Å². The molecule has 0 aliphatic carbocycles. The lowest BCUT2D eigenvalue weighted by molar-refractivity contribution is -0.158. The molecule has 232 valence electrons. The number of carbonyl (C=O) groups is 6. The standard InChI is InChI=1S/C28H45N3O10/c1-8-9-10-12-17(4)13-11-14-19(32)29-22(24(36)37)28(7,41)25(38)30-21(18(5)16(2)3)23(35)31-27(6,26(39)40)15-20(33)34/h11,13,17-18,21-22,41H,2,8-10,12,14-15H2,1,3-7H3,(H,29,32)(H,30,38)(H,31,35)(H,33,34)(H,36,37)(H,39,40)/b13-11+. The third-order valence-electron chi connectivity index (χ3n) is 6.83. The molecule has 0 radical (unpaired) electrons. The van der Waals surface area contributed by atoms with Crippen LogP contribution in [0.4, 0.5) is 0 Å². The first-order chi connectivity index (χ1) is 18.8. The van der Waals surface area contributed by atoms with E-state index in [1.54, 1.807) is 6.08 Å². The zero-order valence-corrected chi connectivity index (χ0v) is 24.7. The van der Waals surface area contributed by atoms with E-state index in [1.165, 1.54) is 13.8 Å². The fourth-order valence-electron chi connectivity index (χ4n) is 3.83. The average molecular weight is 584 g/mol. The first-order valence-corrected chi connectivity index (χ1v) is 13.4. The summed E-state index contributed by atoms with van der Waals surface area (Å²) >= 11 is 0. The number of aliphatic carboxylic acids is 3. The molecule has 0 fully saturated rings. The van der Waals surface area contributed by atoms with E-state index in [2.05, 4.69) is 29.5 Å². The number of carboxylic acids is 3. The summed E-state index contributed by atoms with van der Waals surface area (Å²) < 4.78 is 0. The van der Waals surface area contributed by atoms with Gasteiger partial charge in [0.25, 0.3) is 5.91 Å². The smallest absolute Gasteiger partial charge is 0.329 e. The number of carboxylic acid groups (broad SMARTS) is 3. The second-order valence-corrected chi connectivity index (χ2v) is 10.9. The van der Waals surface area contributed by atoms with Gasteiger partial charge in [-0.2, -0.15) is 0 Å². The zero-order chi connectivity index (χ0) is 32.1. The van der Waals surface area contributed by atoms with Gasteiger partial charge < -0.3 is 36.4 Å². The lowest BCUT2D eigenvalue weighted by atomic mass is 9.89. The number of allylic oxidation sites excluding steroid dienone is 1. The quantitative estimate of drug-likeness (QED) is 0.0860. The number of hydrogen-bond acceptors (Lipinski definition) is 7. The Kier molecular flexibility index (Phi) is 15.0. The van der Waals surface area contributed by atoms with Gasteiger partial charge in [-0.1, -0.05) is 64.3 Å². The molecule has 0 saturated carbocycles. The van der Waals surface area contributed by atoms with Gasteiger partial charge in [0.2, 0.25) is 11.8 Å². The highest BCUT2D eigenvalue weighted by atomic mass is 16.4. The second kappa shape index (κ2) is 16.5. The number of carbonyl (C=O) groups excluding carboxylic acids is 3. The van der Waals surface area contributed by atoms with Crippen molar-refractivity contribution in [2.24, 2.45) is 11.8 Å². The van der Waals surface area contributed by atoms with Crippen LogP contribution in [0.15, 0.2) is 24.3 Å². The van der Waals surface area contributed by atoms with Crippen LogP contribution in [-0.2, 0) is 28.8 Å². The fraction of sp³-hybridized carbons (Fsp3) is 0.643. The van der Waals surface area contributed by atoms with E-state index in [4.69, 9.17) is 5.11 Å². The summed E-state index contributed by atoms with van der Waals surface area (Å²) in [5.41, 5.74) is -4.65. The molecule has 0 spiro atoms. The highest BCUT2D eigenvalue weighted by Gasteiger charge is 2.47. The van der Waals surface area contributed by atoms with Gasteiger partial charge in [-0.3, -0.25) is 19.2 Å². The topological polar surface area (TPSA) is 219 Å². The van der Waals surface area contributed by atoms with Crippen LogP contribution in [0.1, 0.15) is 80.1 Å². The highest BCUT2D eigenvalue weighted by molar-refractivity contribution is 5.98. The molecule has 7 N–H and O–H groups in total. The van der Waals surface area contributed by atoms with Crippen LogP contribution in [0.2, 0.25) is 0 Å². The molecule has 0 aromatic heterocycles. The molecule has 13 nitrogen and oxygen atoms in total. The third kappa shape index (κ3) is 12.1. The summed E-state index contributed by atoms with van der Waals surface area (Å²) in [6, 6.07) is -3.69. The zero-order valence-electron chi connectivity index (χ0n) is 24.7. The fourth-order valence-corrected chi connectivity index (χ4v) is 3.83. The maximum absolute atomic E-state index is 13.1. The maximum atomic E-state index is 13.1. The number of hydrogen-bond donors (Lipinski definition) is 7. The molecule has 0 bridgehead atoms. The van der Waals surface area contributed by atoms with Gasteiger partial charge in [0.1, 0.15) is 11.6 Å². The lowest BCUT2D eigenvalue weighted by Gasteiger charge is -2.34. The Balaban J connectivity index is 5.82. The van der Waals surface area contributed by atoms with E-state index in [9.17, 15) is 44.1 Å². The van der Waals surface area contributed by atoms with Crippen LogP contribution >= 0.6 is 0 Å². The summed E-state index contributed by atoms with van der Waals surface area (Å²) in [5, 5.41) is 45.6. The highest BCUT2D eigenvalue weighted by Crippen LogP contribution is 2.19. The molecule has 0 aliphatic rings. The third-order valence-corrected chi connectivity index (χ3v) is 6.83. The molecule has 0 aliphatic heterocycles. The molecule has 3 amide bonds. The summed E-state index contributed by atoms with van der Waals surface area (Å²) in [6.07, 6.45) is 6.35. The normalized spacial score (nSPS) is 17.1. The van der Waals surface area contributed by atoms with Crippen molar-refractivity contribution in [2.75, 3.05) is 0 Å². The number of amides is 3. The van der Waals surface area contributed by atoms with Gasteiger partial charge in [-0.15, -0.1) is 0 Å². The number of aliphatic hydroxyl groups is 1. The second-order valence-electron chi connectivity index (χ2n) is 10.9. The summed E-state index contributed by atoms with van der Waals surface area (Å²) in [5.74, 6) is -8.75. The van der Waals surface area contributed by atoms with E-state index in [1.807, 2.05) is 13.0 Å². The van der Waals surface area contributed by atoms with Gasteiger partial charge in [0.15, 0.2) is 11.6 Å². The van der Waals surface area contributed by atoms with E-state index in [-0.39, 0.29) is 12.3 Å². The first kappa shape index (κ1) is 37.3. The Morgan fingerprint density at radius 2 is 1.56 bits per heavy atom. The lowest BCUT2D eigenvalue weighted by Crippen LogP contribution is -2.66. The summed E-state index contributed by atoms with van der Waals surface area (Å²) in [7, 11) is 0. The van der Waals surface area contributed by atoms with Crippen molar-refractivity contribution in [3.63, 3.8) is 0 Å². The molecular formula is C28H45N3O10. The van der Waals surface area contributed by atoms with E-state index < -0.39 is 71.2 Å². The predicted octanol–water partition coefficient (Wildman–Crippen LogP) is 1.60. The Morgan fingerprint density at radius 3 is 2.02 bits per heavy atom. The van der Waals surface area contributed by atoms with Crippen molar-refractivity contribution in [1.29, 1.82) is 0 Å². The molecule has 41 heavy (non-hydrogen) atoms. The van der Waals surface area contributed by atoms with Crippen LogP contribution in [0.25, 0.3) is 0 Å². The predicted molar refractivity (Wildman–Crippen MR) is 150 cm³/mol. The Bertz CT molecular complexity index is 1020. The monoisotopic (exact) mass is 583 g/mol. The molecule has 13 heteroatoms. The molecule has 6 unspecified atom stereocenters. The number of unbranched alkanes of at least 4 members (excludes halogenated alkanes) is 2. The maximum Gasteiger partial charge on any atom is 0.329 e. The first-order valence-electron chi connectivity index (χ1n) is 13.4. The van der Waals surface area contributed by atoms with Gasteiger partial charge in [-0.05, 0) is 33.1 Å². The molecule has 0 saturated heterocycles. The molecule has 0 heterocycles. The molecular weight excluding hydrogens is 538 g/mol. The molecule has 0 aromatic rings. The molecule has 0 rings (SSSR count). The van der Waals surface area contributed by atoms with Crippen molar-refractivity contribution in [2.45, 2.75) is 103 Å². The van der Waals surface area contributed by atoms with Crippen molar-refractivity contribution in [3.8, 4) is 0 Å². The minimum Gasteiger partial charge on any atom is -0.481 e. The summed E-state index contributed by atoms with van der Waals surface area (Å²) in [6.45, 7) is 12.6. The van der Waals surface area contributed by atoms with E-state index in [0.29, 0.717) is 5.57 Å². The van der Waals surface area contributed by atoms with Gasteiger partial charge in [0, 0.05) is 12.3 Å². The summed E-state index contributed by atoms with van der Waals surface area (Å²) in [4.78, 5) is 73.5. The number of nitrogens with one attached hydrogen (secondary N) is 3. The number of rotatable bonds is 19. The van der Waals surface area contributed by atoms with Crippen LogP contribution in [-0.4, -0.2) is 79.3 Å². The minimum absolute atomic E-state index is 0.200. The van der Waals surface area contributed by atoms with E-state index in [0.717, 1.165) is 39.5 Å². The minimum atomic E-state index is -2.76. The molecule has 6 atom stereocenters. The Labute approximate surface area is 240 Å².